The normalized spacial score (nSPS) is 15.3. The monoisotopic (exact) mass is 360 g/mol. The number of halogens is 1. The number of hydrogen-bond donors (Lipinski definition) is 2. The Hall–Kier alpha value is -1.11. The number of esters is 1. The Morgan fingerprint density at radius 1 is 1.39 bits per heavy atom. The van der Waals surface area contributed by atoms with Crippen molar-refractivity contribution in [1.82, 2.24) is 5.32 Å². The van der Waals surface area contributed by atoms with Crippen molar-refractivity contribution in [2.75, 3.05) is 25.0 Å². The predicted molar refractivity (Wildman–Crippen MR) is 95.8 cm³/mol. The van der Waals surface area contributed by atoms with Gasteiger partial charge in [0, 0.05) is 10.8 Å². The summed E-state index contributed by atoms with van der Waals surface area (Å²) < 4.78 is 5.15. The summed E-state index contributed by atoms with van der Waals surface area (Å²) in [5, 5.41) is 6.75. The lowest BCUT2D eigenvalue weighted by molar-refractivity contribution is -0.121. The molecule has 1 aliphatic heterocycles. The summed E-state index contributed by atoms with van der Waals surface area (Å²) in [6, 6.07) is 0. The van der Waals surface area contributed by atoms with Gasteiger partial charge in [0.25, 0.3) is 0 Å². The number of hydrogen-bond acceptors (Lipinski definition) is 5. The van der Waals surface area contributed by atoms with E-state index in [9.17, 15) is 9.59 Å². The SMILES string of the molecule is CCOC(=O)c1c(NC(=O)C(C)C2CNC2)sc(C)c1CC.Cl. The van der Waals surface area contributed by atoms with E-state index in [1.54, 1.807) is 6.92 Å². The molecule has 7 heteroatoms. The van der Waals surface area contributed by atoms with Crippen molar-refractivity contribution in [3.05, 3.63) is 16.0 Å². The number of carbonyl (C=O) groups is 2. The highest BCUT2D eigenvalue weighted by molar-refractivity contribution is 7.16. The number of amides is 1. The van der Waals surface area contributed by atoms with Crippen LogP contribution >= 0.6 is 23.7 Å². The summed E-state index contributed by atoms with van der Waals surface area (Å²) in [6.45, 7) is 9.78. The van der Waals surface area contributed by atoms with Crippen molar-refractivity contribution in [2.45, 2.75) is 34.1 Å². The van der Waals surface area contributed by atoms with E-state index in [0.717, 1.165) is 30.0 Å². The Bertz CT molecular complexity index is 570. The van der Waals surface area contributed by atoms with Crippen LogP contribution in [-0.2, 0) is 16.0 Å². The third kappa shape index (κ3) is 4.25. The van der Waals surface area contributed by atoms with Crippen LogP contribution in [0.25, 0.3) is 0 Å². The van der Waals surface area contributed by atoms with Gasteiger partial charge in [0.1, 0.15) is 5.00 Å². The Balaban J connectivity index is 0.00000264. The summed E-state index contributed by atoms with van der Waals surface area (Å²) in [5.74, 6) is -0.0700. The van der Waals surface area contributed by atoms with E-state index in [0.29, 0.717) is 23.1 Å². The second-order valence-corrected chi connectivity index (χ2v) is 6.84. The number of rotatable bonds is 6. The summed E-state index contributed by atoms with van der Waals surface area (Å²) in [7, 11) is 0. The Kier molecular flexibility index (Phi) is 7.51. The Morgan fingerprint density at radius 2 is 2.04 bits per heavy atom. The van der Waals surface area contributed by atoms with Gasteiger partial charge in [-0.3, -0.25) is 4.79 Å². The van der Waals surface area contributed by atoms with Crippen molar-refractivity contribution in [1.29, 1.82) is 0 Å². The molecule has 1 fully saturated rings. The zero-order valence-electron chi connectivity index (χ0n) is 14.0. The molecule has 0 spiro atoms. The molecule has 0 aliphatic carbocycles. The number of carbonyl (C=O) groups excluding carboxylic acids is 2. The van der Waals surface area contributed by atoms with Gasteiger partial charge in [0.05, 0.1) is 12.2 Å². The van der Waals surface area contributed by atoms with E-state index in [2.05, 4.69) is 10.6 Å². The van der Waals surface area contributed by atoms with Crippen LogP contribution in [0.15, 0.2) is 0 Å². The maximum Gasteiger partial charge on any atom is 0.341 e. The molecule has 0 radical (unpaired) electrons. The van der Waals surface area contributed by atoms with Crippen LogP contribution in [0.2, 0.25) is 0 Å². The molecule has 2 N–H and O–H groups in total. The number of thiophene rings is 1. The molecule has 0 bridgehead atoms. The van der Waals surface area contributed by atoms with Crippen molar-refractivity contribution in [3.8, 4) is 0 Å². The first-order valence-electron chi connectivity index (χ1n) is 7.80. The highest BCUT2D eigenvalue weighted by Gasteiger charge is 2.30. The Morgan fingerprint density at radius 3 is 2.52 bits per heavy atom. The van der Waals surface area contributed by atoms with Crippen LogP contribution in [0, 0.1) is 18.8 Å². The fourth-order valence-corrected chi connectivity index (χ4v) is 3.75. The highest BCUT2D eigenvalue weighted by Crippen LogP contribution is 2.34. The molecule has 130 valence electrons. The fraction of sp³-hybridized carbons (Fsp3) is 0.625. The minimum Gasteiger partial charge on any atom is -0.462 e. The van der Waals surface area contributed by atoms with Gasteiger partial charge in [0.2, 0.25) is 5.91 Å². The average Bonchev–Trinajstić information content (AvgIpc) is 2.72. The van der Waals surface area contributed by atoms with Gasteiger partial charge in [0.15, 0.2) is 0 Å². The molecular formula is C16H25ClN2O3S. The van der Waals surface area contributed by atoms with Gasteiger partial charge in [-0.05, 0) is 44.8 Å². The molecule has 1 aromatic rings. The first-order chi connectivity index (χ1) is 10.5. The first kappa shape index (κ1) is 19.9. The summed E-state index contributed by atoms with van der Waals surface area (Å²) in [4.78, 5) is 25.7. The molecule has 23 heavy (non-hydrogen) atoms. The molecule has 2 heterocycles. The second-order valence-electron chi connectivity index (χ2n) is 5.61. The smallest absolute Gasteiger partial charge is 0.341 e. The molecular weight excluding hydrogens is 336 g/mol. The van der Waals surface area contributed by atoms with E-state index >= 15 is 0 Å². The van der Waals surface area contributed by atoms with E-state index in [1.165, 1.54) is 11.3 Å². The number of nitrogens with one attached hydrogen (secondary N) is 2. The van der Waals surface area contributed by atoms with Gasteiger partial charge < -0.3 is 15.4 Å². The summed E-state index contributed by atoms with van der Waals surface area (Å²) in [6.07, 6.45) is 0.744. The Labute approximate surface area is 147 Å². The summed E-state index contributed by atoms with van der Waals surface area (Å²) in [5.41, 5.74) is 1.50. The van der Waals surface area contributed by atoms with E-state index in [1.807, 2.05) is 20.8 Å². The van der Waals surface area contributed by atoms with E-state index in [-0.39, 0.29) is 30.2 Å². The predicted octanol–water partition coefficient (Wildman–Crippen LogP) is 3.01. The van der Waals surface area contributed by atoms with Gasteiger partial charge in [-0.15, -0.1) is 23.7 Å². The number of ether oxygens (including phenoxy) is 1. The number of aryl methyl sites for hydroxylation is 1. The van der Waals surface area contributed by atoms with Gasteiger partial charge >= 0.3 is 5.97 Å². The van der Waals surface area contributed by atoms with Crippen molar-refractivity contribution in [2.24, 2.45) is 11.8 Å². The number of anilines is 1. The molecule has 1 aromatic heterocycles. The zero-order chi connectivity index (χ0) is 16.3. The van der Waals surface area contributed by atoms with Gasteiger partial charge in [-0.2, -0.15) is 0 Å². The topological polar surface area (TPSA) is 67.4 Å². The molecule has 1 saturated heterocycles. The van der Waals surface area contributed by atoms with Crippen LogP contribution in [0.4, 0.5) is 5.00 Å². The largest absolute Gasteiger partial charge is 0.462 e. The standard InChI is InChI=1S/C16H24N2O3S.ClH/c1-5-12-10(4)22-15(13(12)16(20)21-6-2)18-14(19)9(3)11-7-17-8-11;/h9,11,17H,5-8H2,1-4H3,(H,18,19);1H. The summed E-state index contributed by atoms with van der Waals surface area (Å²) >= 11 is 1.45. The molecule has 2 rings (SSSR count). The van der Waals surface area contributed by atoms with Crippen LogP contribution in [0.5, 0.6) is 0 Å². The molecule has 0 aromatic carbocycles. The second kappa shape index (κ2) is 8.66. The van der Waals surface area contributed by atoms with Gasteiger partial charge in [-0.25, -0.2) is 4.79 Å². The van der Waals surface area contributed by atoms with Gasteiger partial charge in [-0.1, -0.05) is 13.8 Å². The first-order valence-corrected chi connectivity index (χ1v) is 8.62. The van der Waals surface area contributed by atoms with Crippen molar-refractivity contribution < 1.29 is 14.3 Å². The van der Waals surface area contributed by atoms with Crippen molar-refractivity contribution in [3.63, 3.8) is 0 Å². The highest BCUT2D eigenvalue weighted by atomic mass is 35.5. The van der Waals surface area contributed by atoms with E-state index in [4.69, 9.17) is 4.74 Å². The molecule has 1 aliphatic rings. The lowest BCUT2D eigenvalue weighted by atomic mass is 9.88. The lowest BCUT2D eigenvalue weighted by Crippen LogP contribution is -2.48. The lowest BCUT2D eigenvalue weighted by Gasteiger charge is -2.31. The zero-order valence-corrected chi connectivity index (χ0v) is 15.7. The molecule has 5 nitrogen and oxygen atoms in total. The maximum absolute atomic E-state index is 12.4. The molecule has 1 amide bonds. The van der Waals surface area contributed by atoms with Crippen LogP contribution in [0.3, 0.4) is 0 Å². The minimum absolute atomic E-state index is 0. The quantitative estimate of drug-likeness (QED) is 0.765. The minimum atomic E-state index is -0.350. The fourth-order valence-electron chi connectivity index (χ4n) is 2.62. The van der Waals surface area contributed by atoms with Crippen LogP contribution < -0.4 is 10.6 Å². The molecule has 0 saturated carbocycles. The third-order valence-corrected chi connectivity index (χ3v) is 5.28. The van der Waals surface area contributed by atoms with Crippen LogP contribution in [-0.4, -0.2) is 31.6 Å². The molecule has 1 unspecified atom stereocenters. The van der Waals surface area contributed by atoms with Crippen molar-refractivity contribution >= 4 is 40.6 Å². The van der Waals surface area contributed by atoms with E-state index < -0.39 is 0 Å². The van der Waals surface area contributed by atoms with Crippen LogP contribution in [0.1, 0.15) is 41.6 Å². The third-order valence-electron chi connectivity index (χ3n) is 4.21. The maximum atomic E-state index is 12.4. The molecule has 1 atom stereocenters. The average molecular weight is 361 g/mol.